The number of anilines is 1. The SMILES string of the molecule is COC(=O)C(CC(C)C)NC(=O)CSc1nnc(NC(C)C)s1. The molecule has 1 unspecified atom stereocenters. The van der Waals surface area contributed by atoms with Crippen LogP contribution in [0.1, 0.15) is 34.1 Å². The molecule has 0 radical (unpaired) electrons. The predicted octanol–water partition coefficient (Wildman–Crippen LogP) is 2.15. The van der Waals surface area contributed by atoms with Crippen LogP contribution in [-0.4, -0.2) is 47.0 Å². The van der Waals surface area contributed by atoms with E-state index in [0.717, 1.165) is 5.13 Å². The molecular weight excluding hydrogens is 336 g/mol. The molecule has 0 fully saturated rings. The normalized spacial score (nSPS) is 12.3. The molecule has 0 aromatic carbocycles. The molecule has 23 heavy (non-hydrogen) atoms. The first-order chi connectivity index (χ1) is 10.8. The molecule has 9 heteroatoms. The summed E-state index contributed by atoms with van der Waals surface area (Å²) in [5.41, 5.74) is 0. The van der Waals surface area contributed by atoms with Crippen molar-refractivity contribution < 1.29 is 14.3 Å². The largest absolute Gasteiger partial charge is 0.467 e. The Morgan fingerprint density at radius 1 is 1.26 bits per heavy atom. The zero-order valence-electron chi connectivity index (χ0n) is 14.1. The highest BCUT2D eigenvalue weighted by molar-refractivity contribution is 8.01. The van der Waals surface area contributed by atoms with Crippen LogP contribution in [0.3, 0.4) is 0 Å². The van der Waals surface area contributed by atoms with Crippen LogP contribution in [0, 0.1) is 5.92 Å². The Morgan fingerprint density at radius 3 is 2.52 bits per heavy atom. The Morgan fingerprint density at radius 2 is 1.96 bits per heavy atom. The number of esters is 1. The van der Waals surface area contributed by atoms with Crippen LogP contribution in [0.25, 0.3) is 0 Å². The van der Waals surface area contributed by atoms with Crippen LogP contribution in [-0.2, 0) is 14.3 Å². The minimum Gasteiger partial charge on any atom is -0.467 e. The molecule has 1 rings (SSSR count). The zero-order valence-corrected chi connectivity index (χ0v) is 15.7. The van der Waals surface area contributed by atoms with Crippen LogP contribution in [0.5, 0.6) is 0 Å². The van der Waals surface area contributed by atoms with Gasteiger partial charge in [-0.3, -0.25) is 4.79 Å². The molecule has 0 aliphatic carbocycles. The van der Waals surface area contributed by atoms with Gasteiger partial charge in [-0.05, 0) is 26.2 Å². The van der Waals surface area contributed by atoms with Gasteiger partial charge < -0.3 is 15.4 Å². The number of aromatic nitrogens is 2. The lowest BCUT2D eigenvalue weighted by Gasteiger charge is -2.17. The van der Waals surface area contributed by atoms with E-state index in [0.29, 0.717) is 10.8 Å². The number of rotatable bonds is 9. The summed E-state index contributed by atoms with van der Waals surface area (Å²) in [5, 5.41) is 14.6. The summed E-state index contributed by atoms with van der Waals surface area (Å²) >= 11 is 2.70. The molecule has 0 bridgehead atoms. The number of methoxy groups -OCH3 is 1. The molecule has 2 N–H and O–H groups in total. The molecule has 0 aliphatic heterocycles. The molecule has 0 saturated heterocycles. The highest BCUT2D eigenvalue weighted by atomic mass is 32.2. The van der Waals surface area contributed by atoms with Crippen LogP contribution in [0.15, 0.2) is 4.34 Å². The molecule has 1 aromatic rings. The number of hydrogen-bond donors (Lipinski definition) is 2. The summed E-state index contributed by atoms with van der Waals surface area (Å²) in [4.78, 5) is 23.7. The Hall–Kier alpha value is -1.35. The van der Waals surface area contributed by atoms with Gasteiger partial charge in [0.2, 0.25) is 11.0 Å². The lowest BCUT2D eigenvalue weighted by atomic mass is 10.0. The fraction of sp³-hybridized carbons (Fsp3) is 0.714. The Kier molecular flexibility index (Phi) is 8.32. The molecule has 7 nitrogen and oxygen atoms in total. The van der Waals surface area contributed by atoms with Gasteiger partial charge in [-0.2, -0.15) is 0 Å². The van der Waals surface area contributed by atoms with Crippen molar-refractivity contribution in [2.45, 2.75) is 50.5 Å². The summed E-state index contributed by atoms with van der Waals surface area (Å²) < 4.78 is 5.44. The third-order valence-electron chi connectivity index (χ3n) is 2.67. The first-order valence-corrected chi connectivity index (χ1v) is 9.22. The monoisotopic (exact) mass is 360 g/mol. The molecule has 1 heterocycles. The van der Waals surface area contributed by atoms with Crippen molar-refractivity contribution in [1.29, 1.82) is 0 Å². The van der Waals surface area contributed by atoms with Crippen LogP contribution in [0.2, 0.25) is 0 Å². The Bertz CT molecular complexity index is 520. The maximum absolute atomic E-state index is 12.0. The maximum atomic E-state index is 12.0. The summed E-state index contributed by atoms with van der Waals surface area (Å²) in [6.07, 6.45) is 0.546. The van der Waals surface area contributed by atoms with Crippen molar-refractivity contribution >= 4 is 40.1 Å². The van der Waals surface area contributed by atoms with Crippen molar-refractivity contribution in [3.8, 4) is 0 Å². The highest BCUT2D eigenvalue weighted by Gasteiger charge is 2.22. The van der Waals surface area contributed by atoms with Crippen molar-refractivity contribution in [3.63, 3.8) is 0 Å². The Balaban J connectivity index is 2.48. The van der Waals surface area contributed by atoms with Gasteiger partial charge in [-0.1, -0.05) is 36.9 Å². The minimum absolute atomic E-state index is 0.182. The van der Waals surface area contributed by atoms with Gasteiger partial charge in [-0.25, -0.2) is 4.79 Å². The highest BCUT2D eigenvalue weighted by Crippen LogP contribution is 2.25. The fourth-order valence-electron chi connectivity index (χ4n) is 1.76. The predicted molar refractivity (Wildman–Crippen MR) is 92.8 cm³/mol. The Labute approximate surface area is 145 Å². The van der Waals surface area contributed by atoms with E-state index >= 15 is 0 Å². The topological polar surface area (TPSA) is 93.2 Å². The maximum Gasteiger partial charge on any atom is 0.328 e. The number of nitrogens with one attached hydrogen (secondary N) is 2. The number of hydrogen-bond acceptors (Lipinski definition) is 8. The number of ether oxygens (including phenoxy) is 1. The number of carbonyl (C=O) groups excluding carboxylic acids is 2. The van der Waals surface area contributed by atoms with E-state index in [1.807, 2.05) is 27.7 Å². The summed E-state index contributed by atoms with van der Waals surface area (Å²) in [6, 6.07) is -0.332. The van der Waals surface area contributed by atoms with Crippen molar-refractivity contribution in [2.24, 2.45) is 5.92 Å². The van der Waals surface area contributed by atoms with Crippen LogP contribution >= 0.6 is 23.1 Å². The van der Waals surface area contributed by atoms with Crippen molar-refractivity contribution in [2.75, 3.05) is 18.2 Å². The number of carbonyl (C=O) groups is 2. The molecule has 0 saturated carbocycles. The summed E-state index contributed by atoms with van der Waals surface area (Å²) in [5.74, 6) is -0.182. The van der Waals surface area contributed by atoms with Gasteiger partial charge in [0.1, 0.15) is 6.04 Å². The van der Waals surface area contributed by atoms with E-state index in [-0.39, 0.29) is 23.6 Å². The third kappa shape index (κ3) is 7.65. The van der Waals surface area contributed by atoms with Gasteiger partial charge in [-0.15, -0.1) is 10.2 Å². The summed E-state index contributed by atoms with van der Waals surface area (Å²) in [7, 11) is 1.32. The van der Waals surface area contributed by atoms with E-state index in [2.05, 4.69) is 20.8 Å². The smallest absolute Gasteiger partial charge is 0.328 e. The van der Waals surface area contributed by atoms with Crippen LogP contribution in [0.4, 0.5) is 5.13 Å². The van der Waals surface area contributed by atoms with Crippen molar-refractivity contribution in [3.05, 3.63) is 0 Å². The van der Waals surface area contributed by atoms with E-state index in [1.54, 1.807) is 0 Å². The zero-order chi connectivity index (χ0) is 17.4. The molecule has 1 aromatic heterocycles. The quantitative estimate of drug-likeness (QED) is 0.515. The fourth-order valence-corrected chi connectivity index (χ4v) is 3.47. The van der Waals surface area contributed by atoms with E-state index in [9.17, 15) is 9.59 Å². The molecule has 1 atom stereocenters. The lowest BCUT2D eigenvalue weighted by molar-refractivity contribution is -0.145. The van der Waals surface area contributed by atoms with Crippen molar-refractivity contribution in [1.82, 2.24) is 15.5 Å². The molecular formula is C14H24N4O3S2. The van der Waals surface area contributed by atoms with E-state index < -0.39 is 12.0 Å². The minimum atomic E-state index is -0.610. The second kappa shape index (κ2) is 9.71. The number of thioether (sulfide) groups is 1. The lowest BCUT2D eigenvalue weighted by Crippen LogP contribution is -2.43. The van der Waals surface area contributed by atoms with Gasteiger partial charge in [0, 0.05) is 6.04 Å². The average molecular weight is 361 g/mol. The number of amides is 1. The first kappa shape index (κ1) is 19.7. The summed E-state index contributed by atoms with van der Waals surface area (Å²) in [6.45, 7) is 8.01. The van der Waals surface area contributed by atoms with E-state index in [4.69, 9.17) is 4.74 Å². The standard InChI is InChI=1S/C14H24N4O3S2/c1-8(2)6-10(12(20)21-5)16-11(19)7-22-14-18-17-13(23-14)15-9(3)4/h8-10H,6-7H2,1-5H3,(H,15,17)(H,16,19). The third-order valence-corrected chi connectivity index (χ3v) is 4.66. The molecule has 0 aliphatic rings. The second-order valence-corrected chi connectivity index (χ2v) is 7.93. The van der Waals surface area contributed by atoms with Gasteiger partial charge in [0.25, 0.3) is 0 Å². The first-order valence-electron chi connectivity index (χ1n) is 7.41. The van der Waals surface area contributed by atoms with Gasteiger partial charge >= 0.3 is 5.97 Å². The second-order valence-electron chi connectivity index (χ2n) is 5.73. The molecule has 1 amide bonds. The molecule has 0 spiro atoms. The average Bonchev–Trinajstić information content (AvgIpc) is 2.89. The number of nitrogens with zero attached hydrogens (tertiary/aromatic N) is 2. The van der Waals surface area contributed by atoms with Crippen LogP contribution < -0.4 is 10.6 Å². The molecule has 130 valence electrons. The van der Waals surface area contributed by atoms with Gasteiger partial charge in [0.15, 0.2) is 4.34 Å². The van der Waals surface area contributed by atoms with Gasteiger partial charge in [0.05, 0.1) is 12.9 Å². The van der Waals surface area contributed by atoms with E-state index in [1.165, 1.54) is 30.2 Å².